The third kappa shape index (κ3) is 4.32. The van der Waals surface area contributed by atoms with Crippen molar-refractivity contribution in [2.75, 3.05) is 7.11 Å². The van der Waals surface area contributed by atoms with Gasteiger partial charge in [-0.1, -0.05) is 60.7 Å². The molecule has 0 heterocycles. The summed E-state index contributed by atoms with van der Waals surface area (Å²) in [6.45, 7) is 0. The molecule has 0 saturated carbocycles. The van der Waals surface area contributed by atoms with E-state index < -0.39 is 0 Å². The lowest BCUT2D eigenvalue weighted by Crippen LogP contribution is -2.25. The van der Waals surface area contributed by atoms with Crippen molar-refractivity contribution in [3.63, 3.8) is 0 Å². The Kier molecular flexibility index (Phi) is 5.51. The lowest BCUT2D eigenvalue weighted by atomic mass is 10.00. The maximum absolute atomic E-state index is 12.2. The molecule has 104 valence electrons. The fraction of sp³-hybridized carbons (Fsp3) is 0.278. The van der Waals surface area contributed by atoms with E-state index in [4.69, 9.17) is 4.74 Å². The second-order valence-corrected chi connectivity index (χ2v) is 4.88. The fourth-order valence-corrected chi connectivity index (χ4v) is 2.26. The Morgan fingerprint density at radius 2 is 1.50 bits per heavy atom. The van der Waals surface area contributed by atoms with Crippen molar-refractivity contribution in [1.82, 2.24) is 0 Å². The number of benzene rings is 2. The molecule has 0 amide bonds. The van der Waals surface area contributed by atoms with Crippen molar-refractivity contribution < 1.29 is 9.53 Å². The van der Waals surface area contributed by atoms with E-state index in [0.29, 0.717) is 6.42 Å². The summed E-state index contributed by atoms with van der Waals surface area (Å²) in [5, 5.41) is 0. The molecule has 2 nitrogen and oxygen atoms in total. The number of rotatable bonds is 7. The Bertz CT molecular complexity index is 520. The minimum Gasteiger partial charge on any atom is -0.374 e. The first kappa shape index (κ1) is 14.5. The zero-order chi connectivity index (χ0) is 14.2. The molecule has 20 heavy (non-hydrogen) atoms. The molecule has 2 aromatic rings. The number of carbonyl (C=O) groups excluding carboxylic acids is 1. The predicted molar refractivity (Wildman–Crippen MR) is 80.7 cm³/mol. The largest absolute Gasteiger partial charge is 0.374 e. The number of aryl methyl sites for hydroxylation is 1. The summed E-state index contributed by atoms with van der Waals surface area (Å²) in [6.07, 6.45) is 1.70. The third-order valence-electron chi connectivity index (χ3n) is 3.40. The second-order valence-electron chi connectivity index (χ2n) is 4.88. The van der Waals surface area contributed by atoms with E-state index in [2.05, 4.69) is 12.1 Å². The lowest BCUT2D eigenvalue weighted by Gasteiger charge is -2.14. The van der Waals surface area contributed by atoms with Crippen LogP contribution in [0.15, 0.2) is 60.7 Å². The van der Waals surface area contributed by atoms with Crippen molar-refractivity contribution >= 4 is 5.78 Å². The van der Waals surface area contributed by atoms with Crippen LogP contribution in [0.5, 0.6) is 0 Å². The average Bonchev–Trinajstić information content (AvgIpc) is 2.50. The summed E-state index contributed by atoms with van der Waals surface area (Å²) in [6, 6.07) is 20.0. The van der Waals surface area contributed by atoms with Crippen LogP contribution in [-0.4, -0.2) is 19.0 Å². The monoisotopic (exact) mass is 268 g/mol. The Balaban J connectivity index is 1.89. The highest BCUT2D eigenvalue weighted by Crippen LogP contribution is 2.10. The molecule has 1 atom stereocenters. The summed E-state index contributed by atoms with van der Waals surface area (Å²) in [7, 11) is 1.61. The number of ketones is 1. The molecule has 0 aliphatic carbocycles. The molecule has 0 spiro atoms. The first-order chi connectivity index (χ1) is 9.79. The van der Waals surface area contributed by atoms with Crippen LogP contribution in [0.1, 0.15) is 17.5 Å². The molecule has 0 aromatic heterocycles. The summed E-state index contributed by atoms with van der Waals surface area (Å²) in [5.41, 5.74) is 2.28. The summed E-state index contributed by atoms with van der Waals surface area (Å²) < 4.78 is 5.36. The molecule has 0 aliphatic heterocycles. The SMILES string of the molecule is COC(CCc1ccccc1)C(=O)Cc1ccccc1. The topological polar surface area (TPSA) is 26.3 Å². The highest BCUT2D eigenvalue weighted by atomic mass is 16.5. The van der Waals surface area contributed by atoms with E-state index >= 15 is 0 Å². The number of hydrogen-bond acceptors (Lipinski definition) is 2. The van der Waals surface area contributed by atoms with Crippen molar-refractivity contribution in [3.05, 3.63) is 71.8 Å². The van der Waals surface area contributed by atoms with Gasteiger partial charge in [-0.25, -0.2) is 0 Å². The van der Waals surface area contributed by atoms with Gasteiger partial charge in [0.2, 0.25) is 0 Å². The molecule has 0 bridgehead atoms. The van der Waals surface area contributed by atoms with Gasteiger partial charge in [0, 0.05) is 13.5 Å². The van der Waals surface area contributed by atoms with E-state index in [-0.39, 0.29) is 11.9 Å². The number of carbonyl (C=O) groups is 1. The quantitative estimate of drug-likeness (QED) is 0.769. The summed E-state index contributed by atoms with van der Waals surface area (Å²) in [4.78, 5) is 12.2. The van der Waals surface area contributed by atoms with Gasteiger partial charge in [-0.3, -0.25) is 4.79 Å². The molecular formula is C18H20O2. The maximum atomic E-state index is 12.2. The third-order valence-corrected chi connectivity index (χ3v) is 3.40. The second kappa shape index (κ2) is 7.61. The molecule has 0 aliphatic rings. The van der Waals surface area contributed by atoms with Gasteiger partial charge >= 0.3 is 0 Å². The van der Waals surface area contributed by atoms with Gasteiger partial charge in [0.05, 0.1) is 0 Å². The zero-order valence-corrected chi connectivity index (χ0v) is 11.8. The van der Waals surface area contributed by atoms with Crippen LogP contribution in [0.3, 0.4) is 0 Å². The summed E-state index contributed by atoms with van der Waals surface area (Å²) >= 11 is 0. The molecule has 1 unspecified atom stereocenters. The van der Waals surface area contributed by atoms with Crippen molar-refractivity contribution in [2.24, 2.45) is 0 Å². The van der Waals surface area contributed by atoms with Gasteiger partial charge < -0.3 is 4.74 Å². The molecule has 2 heteroatoms. The highest BCUT2D eigenvalue weighted by Gasteiger charge is 2.17. The summed E-state index contributed by atoms with van der Waals surface area (Å²) in [5.74, 6) is 0.148. The molecule has 0 saturated heterocycles. The number of ether oxygens (including phenoxy) is 1. The zero-order valence-electron chi connectivity index (χ0n) is 11.8. The van der Waals surface area contributed by atoms with Crippen LogP contribution >= 0.6 is 0 Å². The predicted octanol–water partition coefficient (Wildman–Crippen LogP) is 3.45. The van der Waals surface area contributed by atoms with E-state index in [1.54, 1.807) is 7.11 Å². The van der Waals surface area contributed by atoms with Gasteiger partial charge in [0.15, 0.2) is 5.78 Å². The molecule has 0 radical (unpaired) electrons. The molecular weight excluding hydrogens is 248 g/mol. The lowest BCUT2D eigenvalue weighted by molar-refractivity contribution is -0.128. The normalized spacial score (nSPS) is 12.1. The molecule has 0 fully saturated rings. The van der Waals surface area contributed by atoms with Crippen LogP contribution in [0, 0.1) is 0 Å². The van der Waals surface area contributed by atoms with Gasteiger partial charge in [-0.05, 0) is 24.0 Å². The average molecular weight is 268 g/mol. The Morgan fingerprint density at radius 3 is 2.05 bits per heavy atom. The van der Waals surface area contributed by atoms with Crippen molar-refractivity contribution in [2.45, 2.75) is 25.4 Å². The van der Waals surface area contributed by atoms with E-state index in [1.807, 2.05) is 48.5 Å². The number of methoxy groups -OCH3 is 1. The minimum absolute atomic E-state index is 0.148. The highest BCUT2D eigenvalue weighted by molar-refractivity contribution is 5.85. The van der Waals surface area contributed by atoms with E-state index in [9.17, 15) is 4.79 Å². The first-order valence-electron chi connectivity index (χ1n) is 6.93. The first-order valence-corrected chi connectivity index (χ1v) is 6.93. The van der Waals surface area contributed by atoms with Crippen LogP contribution in [0.25, 0.3) is 0 Å². The molecule has 0 N–H and O–H groups in total. The van der Waals surface area contributed by atoms with Crippen LogP contribution < -0.4 is 0 Å². The maximum Gasteiger partial charge on any atom is 0.165 e. The van der Waals surface area contributed by atoms with E-state index in [0.717, 1.165) is 18.4 Å². The molecule has 2 aromatic carbocycles. The van der Waals surface area contributed by atoms with E-state index in [1.165, 1.54) is 5.56 Å². The smallest absolute Gasteiger partial charge is 0.165 e. The van der Waals surface area contributed by atoms with Crippen molar-refractivity contribution in [1.29, 1.82) is 0 Å². The van der Waals surface area contributed by atoms with Crippen LogP contribution in [-0.2, 0) is 22.4 Å². The van der Waals surface area contributed by atoms with Gasteiger partial charge in [0.1, 0.15) is 6.10 Å². The standard InChI is InChI=1S/C18H20O2/c1-20-18(13-12-15-8-4-2-5-9-15)17(19)14-16-10-6-3-7-11-16/h2-11,18H,12-14H2,1H3. The van der Waals surface area contributed by atoms with Crippen molar-refractivity contribution in [3.8, 4) is 0 Å². The number of Topliss-reactive ketones (excluding diaryl/α,β-unsaturated/α-hetero) is 1. The number of hydrogen-bond donors (Lipinski definition) is 0. The Hall–Kier alpha value is -1.93. The van der Waals surface area contributed by atoms with Gasteiger partial charge in [0.25, 0.3) is 0 Å². The Labute approximate surface area is 120 Å². The molecule has 2 rings (SSSR count). The Morgan fingerprint density at radius 1 is 0.950 bits per heavy atom. The fourth-order valence-electron chi connectivity index (χ4n) is 2.26. The van der Waals surface area contributed by atoms with Crippen LogP contribution in [0.4, 0.5) is 0 Å². The van der Waals surface area contributed by atoms with Crippen LogP contribution in [0.2, 0.25) is 0 Å². The minimum atomic E-state index is -0.324. The van der Waals surface area contributed by atoms with Gasteiger partial charge in [-0.2, -0.15) is 0 Å². The van der Waals surface area contributed by atoms with Gasteiger partial charge in [-0.15, -0.1) is 0 Å².